The molecule has 1 aromatic heterocycles. The highest BCUT2D eigenvalue weighted by molar-refractivity contribution is 5.81. The van der Waals surface area contributed by atoms with Crippen molar-refractivity contribution in [2.45, 2.75) is 44.9 Å². The summed E-state index contributed by atoms with van der Waals surface area (Å²) in [7, 11) is 1.61. The molecule has 30 heavy (non-hydrogen) atoms. The van der Waals surface area contributed by atoms with Gasteiger partial charge in [-0.05, 0) is 55.7 Å². The molecule has 0 spiro atoms. The highest BCUT2D eigenvalue weighted by Gasteiger charge is 2.22. The summed E-state index contributed by atoms with van der Waals surface area (Å²) in [6, 6.07) is 13.1. The zero-order valence-electron chi connectivity index (χ0n) is 17.5. The van der Waals surface area contributed by atoms with Crippen molar-refractivity contribution in [2.75, 3.05) is 13.7 Å². The first-order chi connectivity index (χ1) is 14.7. The second kappa shape index (κ2) is 9.11. The third-order valence-corrected chi connectivity index (χ3v) is 5.56. The number of aromatic nitrogens is 2. The Bertz CT molecular complexity index is 1110. The van der Waals surface area contributed by atoms with Crippen LogP contribution in [0.15, 0.2) is 52.4 Å². The summed E-state index contributed by atoms with van der Waals surface area (Å²) >= 11 is 0. The lowest BCUT2D eigenvalue weighted by Crippen LogP contribution is -2.25. The van der Waals surface area contributed by atoms with Crippen molar-refractivity contribution >= 4 is 17.1 Å². The van der Waals surface area contributed by atoms with E-state index in [1.807, 2.05) is 49.4 Å². The van der Waals surface area contributed by atoms with Crippen molar-refractivity contribution in [3.05, 3.63) is 64.2 Å². The van der Waals surface area contributed by atoms with Crippen LogP contribution in [-0.4, -0.2) is 29.6 Å². The van der Waals surface area contributed by atoms with E-state index in [4.69, 9.17) is 14.5 Å². The third kappa shape index (κ3) is 4.08. The van der Waals surface area contributed by atoms with E-state index in [-0.39, 0.29) is 11.5 Å². The lowest BCUT2D eigenvalue weighted by molar-refractivity contribution is 0.311. The molecule has 156 valence electrons. The summed E-state index contributed by atoms with van der Waals surface area (Å²) in [6.07, 6.45) is 7.32. The Morgan fingerprint density at radius 2 is 1.93 bits per heavy atom. The third-order valence-electron chi connectivity index (χ3n) is 5.56. The molecule has 1 aliphatic rings. The van der Waals surface area contributed by atoms with Gasteiger partial charge in [-0.25, -0.2) is 4.98 Å². The highest BCUT2D eigenvalue weighted by Crippen LogP contribution is 2.32. The fraction of sp³-hybridized carbons (Fsp3) is 0.375. The van der Waals surface area contributed by atoms with E-state index in [1.54, 1.807) is 13.3 Å². The van der Waals surface area contributed by atoms with Gasteiger partial charge < -0.3 is 9.47 Å². The van der Waals surface area contributed by atoms with Crippen LogP contribution in [0, 0.1) is 0 Å². The average Bonchev–Trinajstić information content (AvgIpc) is 2.79. The summed E-state index contributed by atoms with van der Waals surface area (Å²) in [5.41, 5.74) is 1.43. The van der Waals surface area contributed by atoms with Gasteiger partial charge in [0.2, 0.25) is 0 Å². The smallest absolute Gasteiger partial charge is 0.282 e. The quantitative estimate of drug-likeness (QED) is 0.556. The fourth-order valence-electron chi connectivity index (χ4n) is 4.04. The first-order valence-electron chi connectivity index (χ1n) is 10.6. The molecular formula is C24H27N3O3. The molecule has 0 aliphatic heterocycles. The molecule has 1 saturated carbocycles. The zero-order chi connectivity index (χ0) is 20.9. The molecule has 6 heteroatoms. The van der Waals surface area contributed by atoms with Crippen LogP contribution in [0.1, 0.15) is 56.3 Å². The van der Waals surface area contributed by atoms with Crippen molar-refractivity contribution < 1.29 is 9.47 Å². The Balaban J connectivity index is 1.78. The van der Waals surface area contributed by atoms with E-state index in [1.165, 1.54) is 11.1 Å². The molecule has 1 heterocycles. The number of nitrogens with zero attached hydrogens (tertiary/aromatic N) is 3. The van der Waals surface area contributed by atoms with Crippen LogP contribution >= 0.6 is 0 Å². The van der Waals surface area contributed by atoms with Crippen LogP contribution in [0.5, 0.6) is 11.5 Å². The van der Waals surface area contributed by atoms with Crippen LogP contribution in [0.2, 0.25) is 0 Å². The topological polar surface area (TPSA) is 65.7 Å². The molecule has 3 aromatic rings. The number of ether oxygens (including phenoxy) is 2. The van der Waals surface area contributed by atoms with Crippen molar-refractivity contribution in [1.29, 1.82) is 0 Å². The van der Waals surface area contributed by atoms with Gasteiger partial charge in [0.15, 0.2) is 11.5 Å². The molecule has 4 rings (SSSR count). The SMILES string of the molecule is CCOc1cc(C=Nn2c(C3CCCCC3)nc3ccccc3c2=O)ccc1OC. The maximum atomic E-state index is 13.2. The molecule has 0 atom stereocenters. The van der Waals surface area contributed by atoms with Crippen LogP contribution in [0.25, 0.3) is 10.9 Å². The van der Waals surface area contributed by atoms with Gasteiger partial charge in [0, 0.05) is 5.92 Å². The molecule has 1 fully saturated rings. The summed E-state index contributed by atoms with van der Waals surface area (Å²) < 4.78 is 12.5. The van der Waals surface area contributed by atoms with Crippen molar-refractivity contribution in [1.82, 2.24) is 9.66 Å². The fourth-order valence-corrected chi connectivity index (χ4v) is 4.04. The van der Waals surface area contributed by atoms with Gasteiger partial charge in [0.05, 0.1) is 30.8 Å². The van der Waals surface area contributed by atoms with Gasteiger partial charge in [-0.2, -0.15) is 9.78 Å². The minimum atomic E-state index is -0.129. The van der Waals surface area contributed by atoms with Crippen LogP contribution < -0.4 is 15.0 Å². The maximum absolute atomic E-state index is 13.2. The van der Waals surface area contributed by atoms with E-state index in [0.29, 0.717) is 23.5 Å². The second-order valence-electron chi connectivity index (χ2n) is 7.53. The Hall–Kier alpha value is -3.15. The molecule has 0 amide bonds. The number of fused-ring (bicyclic) bond motifs is 1. The summed E-state index contributed by atoms with van der Waals surface area (Å²) in [5, 5.41) is 5.16. The summed E-state index contributed by atoms with van der Waals surface area (Å²) in [4.78, 5) is 18.1. The van der Waals surface area contributed by atoms with Crippen molar-refractivity contribution in [2.24, 2.45) is 5.10 Å². The molecule has 6 nitrogen and oxygen atoms in total. The number of hydrogen-bond donors (Lipinski definition) is 0. The van der Waals surface area contributed by atoms with Crippen LogP contribution in [0.4, 0.5) is 0 Å². The van der Waals surface area contributed by atoms with Crippen molar-refractivity contribution in [3.8, 4) is 11.5 Å². The van der Waals surface area contributed by atoms with Gasteiger partial charge in [0.25, 0.3) is 5.56 Å². The maximum Gasteiger partial charge on any atom is 0.282 e. The number of rotatable bonds is 6. The van der Waals surface area contributed by atoms with Crippen LogP contribution in [-0.2, 0) is 0 Å². The molecular weight excluding hydrogens is 378 g/mol. The second-order valence-corrected chi connectivity index (χ2v) is 7.53. The summed E-state index contributed by atoms with van der Waals surface area (Å²) in [6.45, 7) is 2.47. The normalized spacial score (nSPS) is 15.0. The lowest BCUT2D eigenvalue weighted by atomic mass is 9.88. The average molecular weight is 405 g/mol. The predicted molar refractivity (Wildman–Crippen MR) is 119 cm³/mol. The molecule has 0 N–H and O–H groups in total. The summed E-state index contributed by atoms with van der Waals surface area (Å²) in [5.74, 6) is 2.33. The molecule has 0 saturated heterocycles. The molecule has 1 aliphatic carbocycles. The van der Waals surface area contributed by atoms with Gasteiger partial charge in [-0.3, -0.25) is 4.79 Å². The Morgan fingerprint density at radius 1 is 1.13 bits per heavy atom. The standard InChI is InChI=1S/C24H27N3O3/c1-3-30-22-15-17(13-14-21(22)29-2)16-25-27-23(18-9-5-4-6-10-18)26-20-12-8-7-11-19(20)24(27)28/h7-8,11-16,18H,3-6,9-10H2,1-2H3. The minimum absolute atomic E-state index is 0.129. The highest BCUT2D eigenvalue weighted by atomic mass is 16.5. The van der Waals surface area contributed by atoms with Gasteiger partial charge in [-0.15, -0.1) is 0 Å². The predicted octanol–water partition coefficient (Wildman–Crippen LogP) is 4.73. The zero-order valence-corrected chi connectivity index (χ0v) is 17.5. The van der Waals surface area contributed by atoms with Gasteiger partial charge >= 0.3 is 0 Å². The molecule has 0 radical (unpaired) electrons. The number of hydrogen-bond acceptors (Lipinski definition) is 5. The Kier molecular flexibility index (Phi) is 6.12. The van der Waals surface area contributed by atoms with E-state index < -0.39 is 0 Å². The number of methoxy groups -OCH3 is 1. The lowest BCUT2D eigenvalue weighted by Gasteiger charge is -2.22. The number of benzene rings is 2. The van der Waals surface area contributed by atoms with E-state index in [0.717, 1.165) is 42.6 Å². The Labute approximate surface area is 176 Å². The minimum Gasteiger partial charge on any atom is -0.493 e. The van der Waals surface area contributed by atoms with Gasteiger partial charge in [-0.1, -0.05) is 31.4 Å². The van der Waals surface area contributed by atoms with E-state index >= 15 is 0 Å². The van der Waals surface area contributed by atoms with E-state index in [2.05, 4.69) is 5.10 Å². The molecule has 0 unspecified atom stereocenters. The first kappa shape index (κ1) is 20.1. The monoisotopic (exact) mass is 405 g/mol. The van der Waals surface area contributed by atoms with Crippen LogP contribution in [0.3, 0.4) is 0 Å². The largest absolute Gasteiger partial charge is 0.493 e. The van der Waals surface area contributed by atoms with E-state index in [9.17, 15) is 4.79 Å². The first-order valence-corrected chi connectivity index (χ1v) is 10.6. The van der Waals surface area contributed by atoms with Gasteiger partial charge in [0.1, 0.15) is 5.82 Å². The molecule has 2 aromatic carbocycles. The Morgan fingerprint density at radius 3 is 2.70 bits per heavy atom. The number of para-hydroxylation sites is 1. The molecule has 0 bridgehead atoms. The van der Waals surface area contributed by atoms with Crippen molar-refractivity contribution in [3.63, 3.8) is 0 Å².